The third-order valence-corrected chi connectivity index (χ3v) is 5.03. The van der Waals surface area contributed by atoms with Gasteiger partial charge in [-0.1, -0.05) is 72.8 Å². The van der Waals surface area contributed by atoms with E-state index >= 15 is 0 Å². The van der Waals surface area contributed by atoms with Crippen LogP contribution in [0.1, 0.15) is 5.56 Å². The number of hydrogen-bond acceptors (Lipinski definition) is 2. The molecule has 0 saturated heterocycles. The summed E-state index contributed by atoms with van der Waals surface area (Å²) in [5, 5.41) is 17.3. The molecule has 0 radical (unpaired) electrons. The lowest BCUT2D eigenvalue weighted by molar-refractivity contribution is 0.474. The van der Waals surface area contributed by atoms with Crippen molar-refractivity contribution in [3.8, 4) is 5.75 Å². The van der Waals surface area contributed by atoms with E-state index < -0.39 is 0 Å². The Morgan fingerprint density at radius 1 is 0.556 bits per heavy atom. The van der Waals surface area contributed by atoms with E-state index in [1.54, 1.807) is 12.3 Å². The summed E-state index contributed by atoms with van der Waals surface area (Å²) in [4.78, 5) is 4.74. The minimum absolute atomic E-state index is 0.233. The summed E-state index contributed by atoms with van der Waals surface area (Å²) < 4.78 is 0. The molecular weight excluding hydrogens is 330 g/mol. The van der Waals surface area contributed by atoms with Crippen LogP contribution in [0, 0.1) is 0 Å². The molecule has 27 heavy (non-hydrogen) atoms. The van der Waals surface area contributed by atoms with Gasteiger partial charge in [-0.15, -0.1) is 0 Å². The van der Waals surface area contributed by atoms with Crippen LogP contribution in [0.2, 0.25) is 0 Å². The lowest BCUT2D eigenvalue weighted by Crippen LogP contribution is -1.85. The molecule has 1 N–H and O–H groups in total. The molecule has 0 fully saturated rings. The molecule has 0 aromatic heterocycles. The zero-order valence-electron chi connectivity index (χ0n) is 14.6. The zero-order valence-corrected chi connectivity index (χ0v) is 14.6. The number of aliphatic imine (C=N–C) groups is 1. The fraction of sp³-hybridized carbons (Fsp3) is 0. The van der Waals surface area contributed by atoms with Gasteiger partial charge in [0.1, 0.15) is 5.75 Å². The summed E-state index contributed by atoms with van der Waals surface area (Å²) >= 11 is 0. The Balaban J connectivity index is 1.86. The highest BCUT2D eigenvalue weighted by atomic mass is 16.3. The highest BCUT2D eigenvalue weighted by Crippen LogP contribution is 2.39. The Morgan fingerprint density at radius 2 is 1.07 bits per heavy atom. The van der Waals surface area contributed by atoms with E-state index in [4.69, 9.17) is 4.99 Å². The van der Waals surface area contributed by atoms with Crippen LogP contribution in [-0.4, -0.2) is 11.3 Å². The third-order valence-electron chi connectivity index (χ3n) is 5.03. The number of benzene rings is 5. The van der Waals surface area contributed by atoms with Gasteiger partial charge in [-0.3, -0.25) is 4.99 Å². The summed E-state index contributed by atoms with van der Waals surface area (Å²) in [7, 11) is 0. The molecular formula is C25H17NO. The lowest BCUT2D eigenvalue weighted by atomic mass is 9.93. The van der Waals surface area contributed by atoms with Crippen LogP contribution in [0.25, 0.3) is 32.3 Å². The largest absolute Gasteiger partial charge is 0.507 e. The molecule has 0 aliphatic rings. The van der Waals surface area contributed by atoms with E-state index in [-0.39, 0.29) is 5.75 Å². The smallest absolute Gasteiger partial charge is 0.124 e. The Kier molecular flexibility index (Phi) is 3.61. The maximum absolute atomic E-state index is 10.0. The Hall–Kier alpha value is -3.65. The summed E-state index contributed by atoms with van der Waals surface area (Å²) in [5.74, 6) is 0.233. The summed E-state index contributed by atoms with van der Waals surface area (Å²) in [6.45, 7) is 0. The maximum atomic E-state index is 10.0. The van der Waals surface area contributed by atoms with Gasteiger partial charge in [-0.05, 0) is 45.1 Å². The third kappa shape index (κ3) is 2.54. The first-order valence-electron chi connectivity index (χ1n) is 8.97. The van der Waals surface area contributed by atoms with Crippen molar-refractivity contribution in [1.82, 2.24) is 0 Å². The van der Waals surface area contributed by atoms with Gasteiger partial charge in [-0.2, -0.15) is 0 Å². The number of fused-ring (bicyclic) bond motifs is 6. The molecule has 5 aromatic rings. The average molecular weight is 347 g/mol. The number of aromatic hydroxyl groups is 1. The minimum Gasteiger partial charge on any atom is -0.507 e. The minimum atomic E-state index is 0.233. The molecule has 0 atom stereocenters. The monoisotopic (exact) mass is 347 g/mol. The van der Waals surface area contributed by atoms with Crippen molar-refractivity contribution in [2.45, 2.75) is 0 Å². The normalized spacial score (nSPS) is 11.7. The topological polar surface area (TPSA) is 32.6 Å². The van der Waals surface area contributed by atoms with E-state index in [1.165, 1.54) is 26.9 Å². The van der Waals surface area contributed by atoms with Crippen LogP contribution < -0.4 is 0 Å². The second-order valence-corrected chi connectivity index (χ2v) is 6.61. The van der Waals surface area contributed by atoms with Crippen LogP contribution in [0.15, 0.2) is 96.0 Å². The SMILES string of the molecule is Oc1ccccc1/C=N/c1cccc2c3ccccc3c3ccccc3c12. The second kappa shape index (κ2) is 6.26. The molecule has 2 heteroatoms. The van der Waals surface area contributed by atoms with Crippen molar-refractivity contribution in [1.29, 1.82) is 0 Å². The van der Waals surface area contributed by atoms with Crippen molar-refractivity contribution in [2.75, 3.05) is 0 Å². The van der Waals surface area contributed by atoms with Crippen LogP contribution in [0.4, 0.5) is 5.69 Å². The van der Waals surface area contributed by atoms with Crippen LogP contribution in [-0.2, 0) is 0 Å². The molecule has 0 aliphatic heterocycles. The van der Waals surface area contributed by atoms with Gasteiger partial charge in [-0.25, -0.2) is 0 Å². The molecule has 5 aromatic carbocycles. The maximum Gasteiger partial charge on any atom is 0.124 e. The van der Waals surface area contributed by atoms with E-state index in [9.17, 15) is 5.11 Å². The quantitative estimate of drug-likeness (QED) is 0.283. The van der Waals surface area contributed by atoms with E-state index in [0.29, 0.717) is 5.56 Å². The number of phenolic OH excluding ortho intramolecular Hbond substituents is 1. The van der Waals surface area contributed by atoms with Crippen LogP contribution in [0.5, 0.6) is 5.75 Å². The highest BCUT2D eigenvalue weighted by Gasteiger charge is 2.10. The number of nitrogens with zero attached hydrogens (tertiary/aromatic N) is 1. The van der Waals surface area contributed by atoms with Crippen LogP contribution in [0.3, 0.4) is 0 Å². The first-order chi connectivity index (χ1) is 13.3. The molecule has 5 rings (SSSR count). The molecule has 0 bridgehead atoms. The van der Waals surface area contributed by atoms with E-state index in [1.807, 2.05) is 30.3 Å². The average Bonchev–Trinajstić information content (AvgIpc) is 2.73. The molecule has 128 valence electrons. The molecule has 0 spiro atoms. The second-order valence-electron chi connectivity index (χ2n) is 6.61. The number of hydrogen-bond donors (Lipinski definition) is 1. The summed E-state index contributed by atoms with van der Waals surface area (Å²) in [5.41, 5.74) is 1.61. The number of phenols is 1. The Bertz CT molecular complexity index is 1290. The fourth-order valence-electron chi connectivity index (χ4n) is 3.78. The van der Waals surface area contributed by atoms with Gasteiger partial charge in [0.15, 0.2) is 0 Å². The van der Waals surface area contributed by atoms with Gasteiger partial charge < -0.3 is 5.11 Å². The molecule has 0 unspecified atom stereocenters. The van der Waals surface area contributed by atoms with Gasteiger partial charge in [0.05, 0.1) is 5.69 Å². The van der Waals surface area contributed by atoms with Crippen molar-refractivity contribution < 1.29 is 5.11 Å². The Labute approximate surface area is 157 Å². The van der Waals surface area contributed by atoms with Gasteiger partial charge in [0.25, 0.3) is 0 Å². The highest BCUT2D eigenvalue weighted by molar-refractivity contribution is 6.28. The van der Waals surface area contributed by atoms with Crippen LogP contribution >= 0.6 is 0 Å². The molecule has 0 heterocycles. The predicted molar refractivity (Wildman–Crippen MR) is 114 cm³/mol. The summed E-state index contributed by atoms with van der Waals surface area (Å²) in [6, 6.07) is 30.4. The van der Waals surface area contributed by atoms with Gasteiger partial charge in [0, 0.05) is 17.2 Å². The Morgan fingerprint density at radius 3 is 1.74 bits per heavy atom. The van der Waals surface area contributed by atoms with Crippen molar-refractivity contribution in [3.05, 3.63) is 96.6 Å². The number of rotatable bonds is 2. The fourth-order valence-corrected chi connectivity index (χ4v) is 3.78. The lowest BCUT2D eigenvalue weighted by Gasteiger charge is -2.12. The van der Waals surface area contributed by atoms with Crippen molar-refractivity contribution in [2.24, 2.45) is 4.99 Å². The van der Waals surface area contributed by atoms with Crippen molar-refractivity contribution in [3.63, 3.8) is 0 Å². The van der Waals surface area contributed by atoms with Gasteiger partial charge in [0.2, 0.25) is 0 Å². The van der Waals surface area contributed by atoms with E-state index in [2.05, 4.69) is 54.6 Å². The summed E-state index contributed by atoms with van der Waals surface area (Å²) in [6.07, 6.45) is 1.73. The van der Waals surface area contributed by atoms with Gasteiger partial charge >= 0.3 is 0 Å². The molecule has 0 amide bonds. The first-order valence-corrected chi connectivity index (χ1v) is 8.97. The predicted octanol–water partition coefficient (Wildman–Crippen LogP) is 6.60. The van der Waals surface area contributed by atoms with E-state index in [0.717, 1.165) is 11.1 Å². The molecule has 0 aliphatic carbocycles. The molecule has 0 saturated carbocycles. The standard InChI is InChI=1S/C25H17NO/c27-24-15-6-1-8-17(24)16-26-23-14-7-13-22-20-10-3-2-9-18(20)19-11-4-5-12-21(19)25(22)23/h1-16,27H/b26-16+. The zero-order chi connectivity index (χ0) is 18.2. The van der Waals surface area contributed by atoms with Crippen molar-refractivity contribution >= 4 is 44.2 Å². The number of para-hydroxylation sites is 1. The molecule has 2 nitrogen and oxygen atoms in total. The first kappa shape index (κ1) is 15.6.